The lowest BCUT2D eigenvalue weighted by atomic mass is 9.64. The van der Waals surface area contributed by atoms with Crippen molar-refractivity contribution in [1.82, 2.24) is 0 Å². The molecule has 0 aromatic heterocycles. The third-order valence-electron chi connectivity index (χ3n) is 4.01. The Morgan fingerprint density at radius 2 is 1.81 bits per heavy atom. The number of rotatable bonds is 4. The molecule has 1 N–H and O–H groups in total. The molecule has 3 heteroatoms. The molecule has 92 valence electrons. The quantitative estimate of drug-likeness (QED) is 0.802. The monoisotopic (exact) mass is 226 g/mol. The third-order valence-corrected chi connectivity index (χ3v) is 4.01. The molecule has 0 aromatic rings. The van der Waals surface area contributed by atoms with Crippen LogP contribution in [0.2, 0.25) is 0 Å². The fourth-order valence-electron chi connectivity index (χ4n) is 2.80. The predicted molar refractivity (Wildman–Crippen MR) is 62.2 cm³/mol. The van der Waals surface area contributed by atoms with Gasteiger partial charge in [-0.2, -0.15) is 0 Å². The summed E-state index contributed by atoms with van der Waals surface area (Å²) in [4.78, 5) is 23.1. The Morgan fingerprint density at radius 1 is 1.25 bits per heavy atom. The maximum absolute atomic E-state index is 11.9. The highest BCUT2D eigenvalue weighted by atomic mass is 16.4. The molecule has 16 heavy (non-hydrogen) atoms. The molecule has 0 heterocycles. The van der Waals surface area contributed by atoms with E-state index in [1.54, 1.807) is 13.8 Å². The average molecular weight is 226 g/mol. The van der Waals surface area contributed by atoms with Crippen molar-refractivity contribution in [3.8, 4) is 0 Å². The van der Waals surface area contributed by atoms with Crippen LogP contribution in [0.15, 0.2) is 0 Å². The summed E-state index contributed by atoms with van der Waals surface area (Å²) < 4.78 is 0. The minimum Gasteiger partial charge on any atom is -0.481 e. The molecule has 1 saturated carbocycles. The van der Waals surface area contributed by atoms with E-state index >= 15 is 0 Å². The number of carboxylic acid groups (broad SMARTS) is 1. The van der Waals surface area contributed by atoms with E-state index in [0.29, 0.717) is 6.42 Å². The summed E-state index contributed by atoms with van der Waals surface area (Å²) in [6.07, 6.45) is 4.37. The lowest BCUT2D eigenvalue weighted by Crippen LogP contribution is -2.41. The van der Waals surface area contributed by atoms with Crippen LogP contribution in [-0.2, 0) is 9.59 Å². The van der Waals surface area contributed by atoms with Crippen molar-refractivity contribution in [3.63, 3.8) is 0 Å². The molecule has 2 atom stereocenters. The largest absolute Gasteiger partial charge is 0.481 e. The molecule has 1 aliphatic rings. The Labute approximate surface area is 97.2 Å². The normalized spacial score (nSPS) is 26.4. The third kappa shape index (κ3) is 2.45. The minimum absolute atomic E-state index is 0.00574. The van der Waals surface area contributed by atoms with E-state index in [1.165, 1.54) is 0 Å². The lowest BCUT2D eigenvalue weighted by molar-refractivity contribution is -0.153. The second kappa shape index (κ2) is 4.98. The molecule has 0 unspecified atom stereocenters. The molecular formula is C13H22O3. The van der Waals surface area contributed by atoms with Crippen molar-refractivity contribution in [2.75, 3.05) is 0 Å². The molecule has 0 saturated heterocycles. The van der Waals surface area contributed by atoms with Gasteiger partial charge in [0.1, 0.15) is 5.78 Å². The van der Waals surface area contributed by atoms with Gasteiger partial charge in [-0.05, 0) is 32.6 Å². The van der Waals surface area contributed by atoms with E-state index in [9.17, 15) is 14.7 Å². The maximum Gasteiger partial charge on any atom is 0.309 e. The fraction of sp³-hybridized carbons (Fsp3) is 0.846. The van der Waals surface area contributed by atoms with Crippen LogP contribution < -0.4 is 0 Å². The molecule has 3 nitrogen and oxygen atoms in total. The number of carbonyl (C=O) groups is 2. The van der Waals surface area contributed by atoms with Gasteiger partial charge in [-0.1, -0.05) is 19.8 Å². The van der Waals surface area contributed by atoms with E-state index in [2.05, 4.69) is 0 Å². The number of hydrogen-bond donors (Lipinski definition) is 1. The van der Waals surface area contributed by atoms with Gasteiger partial charge >= 0.3 is 5.97 Å². The van der Waals surface area contributed by atoms with Crippen LogP contribution in [0.1, 0.15) is 52.9 Å². The van der Waals surface area contributed by atoms with E-state index in [4.69, 9.17) is 0 Å². The molecule has 0 aromatic carbocycles. The van der Waals surface area contributed by atoms with Crippen molar-refractivity contribution in [2.24, 2.45) is 17.3 Å². The molecule has 0 radical (unpaired) electrons. The van der Waals surface area contributed by atoms with Crippen molar-refractivity contribution < 1.29 is 14.7 Å². The van der Waals surface area contributed by atoms with Gasteiger partial charge in [0.25, 0.3) is 0 Å². The van der Waals surface area contributed by atoms with Crippen LogP contribution in [0.25, 0.3) is 0 Å². The van der Waals surface area contributed by atoms with Gasteiger partial charge in [-0.25, -0.2) is 0 Å². The van der Waals surface area contributed by atoms with E-state index < -0.39 is 11.4 Å². The van der Waals surface area contributed by atoms with Crippen LogP contribution in [0.4, 0.5) is 0 Å². The highest BCUT2D eigenvalue weighted by Gasteiger charge is 2.44. The van der Waals surface area contributed by atoms with Gasteiger partial charge < -0.3 is 5.11 Å². The topological polar surface area (TPSA) is 54.4 Å². The van der Waals surface area contributed by atoms with Crippen LogP contribution >= 0.6 is 0 Å². The Kier molecular flexibility index (Phi) is 4.11. The van der Waals surface area contributed by atoms with Crippen LogP contribution in [0, 0.1) is 17.3 Å². The van der Waals surface area contributed by atoms with Gasteiger partial charge in [0, 0.05) is 12.3 Å². The molecule has 1 rings (SSSR count). The van der Waals surface area contributed by atoms with Crippen molar-refractivity contribution in [2.45, 2.75) is 52.9 Å². The second-order valence-corrected chi connectivity index (χ2v) is 5.34. The summed E-state index contributed by atoms with van der Waals surface area (Å²) in [6, 6.07) is 0. The molecule has 1 aliphatic carbocycles. The number of ketones is 1. The highest BCUT2D eigenvalue weighted by Crippen LogP contribution is 2.43. The molecule has 0 aliphatic heterocycles. The Hall–Kier alpha value is -0.860. The first-order chi connectivity index (χ1) is 7.41. The standard InChI is InChI=1S/C13H22O3/c1-4-11(14)9-7-5-6-8-10(9)13(2,3)12(15)16/h9-10H,4-8H2,1-3H3,(H,15,16)/t9-,10+/m0/s1. The first-order valence-electron chi connectivity index (χ1n) is 6.17. The summed E-state index contributed by atoms with van der Waals surface area (Å²) in [5, 5.41) is 9.25. The van der Waals surface area contributed by atoms with Crippen LogP contribution in [0.5, 0.6) is 0 Å². The predicted octanol–water partition coefficient (Wildman–Crippen LogP) is 2.88. The first kappa shape index (κ1) is 13.2. The van der Waals surface area contributed by atoms with E-state index in [-0.39, 0.29) is 17.6 Å². The highest BCUT2D eigenvalue weighted by molar-refractivity contribution is 5.83. The summed E-state index contributed by atoms with van der Waals surface area (Å²) in [6.45, 7) is 5.37. The molecule has 0 spiro atoms. The number of carboxylic acids is 1. The van der Waals surface area contributed by atoms with Crippen molar-refractivity contribution in [3.05, 3.63) is 0 Å². The fourth-order valence-corrected chi connectivity index (χ4v) is 2.80. The Bertz CT molecular complexity index is 281. The second-order valence-electron chi connectivity index (χ2n) is 5.34. The Morgan fingerprint density at radius 3 is 2.31 bits per heavy atom. The number of hydrogen-bond acceptors (Lipinski definition) is 2. The number of Topliss-reactive ketones (excluding diaryl/α,β-unsaturated/α-hetero) is 1. The van der Waals surface area contributed by atoms with Gasteiger partial charge in [0.15, 0.2) is 0 Å². The zero-order valence-corrected chi connectivity index (χ0v) is 10.5. The van der Waals surface area contributed by atoms with Gasteiger partial charge in [0.2, 0.25) is 0 Å². The Balaban J connectivity index is 2.90. The first-order valence-corrected chi connectivity index (χ1v) is 6.17. The minimum atomic E-state index is -0.784. The number of aliphatic carboxylic acids is 1. The smallest absolute Gasteiger partial charge is 0.309 e. The zero-order valence-electron chi connectivity index (χ0n) is 10.5. The molecule has 0 amide bonds. The zero-order chi connectivity index (χ0) is 12.3. The summed E-state index contributed by atoms with van der Waals surface area (Å²) in [7, 11) is 0. The lowest BCUT2D eigenvalue weighted by Gasteiger charge is -2.39. The summed E-state index contributed by atoms with van der Waals surface area (Å²) >= 11 is 0. The van der Waals surface area contributed by atoms with Crippen molar-refractivity contribution in [1.29, 1.82) is 0 Å². The van der Waals surface area contributed by atoms with Crippen molar-refractivity contribution >= 4 is 11.8 Å². The summed E-state index contributed by atoms with van der Waals surface area (Å²) in [5.74, 6) is -0.580. The summed E-state index contributed by atoms with van der Waals surface area (Å²) in [5.41, 5.74) is -0.782. The van der Waals surface area contributed by atoms with Gasteiger partial charge in [-0.15, -0.1) is 0 Å². The van der Waals surface area contributed by atoms with Crippen LogP contribution in [-0.4, -0.2) is 16.9 Å². The SMILES string of the molecule is CCC(=O)[C@H]1CCCC[C@H]1C(C)(C)C(=O)O. The number of carbonyl (C=O) groups excluding carboxylic acids is 1. The van der Waals surface area contributed by atoms with Gasteiger partial charge in [-0.3, -0.25) is 9.59 Å². The van der Waals surface area contributed by atoms with Crippen LogP contribution in [0.3, 0.4) is 0 Å². The molecular weight excluding hydrogens is 204 g/mol. The molecule has 1 fully saturated rings. The maximum atomic E-state index is 11.9. The van der Waals surface area contributed by atoms with Gasteiger partial charge in [0.05, 0.1) is 5.41 Å². The van der Waals surface area contributed by atoms with E-state index in [1.807, 2.05) is 6.92 Å². The molecule has 0 bridgehead atoms. The van der Waals surface area contributed by atoms with E-state index in [0.717, 1.165) is 25.7 Å². The average Bonchev–Trinajstić information content (AvgIpc) is 2.27.